The maximum atomic E-state index is 9.00. The number of hydrogen-bond donors (Lipinski definition) is 1. The van der Waals surface area contributed by atoms with Gasteiger partial charge in [0.2, 0.25) is 0 Å². The van der Waals surface area contributed by atoms with E-state index in [0.29, 0.717) is 0 Å². The van der Waals surface area contributed by atoms with Gasteiger partial charge in [-0.25, -0.2) is 0 Å². The van der Waals surface area contributed by atoms with Crippen molar-refractivity contribution in [3.8, 4) is 0 Å². The molecule has 0 saturated carbocycles. The SMILES string of the molecule is CC(=O)O.CC/C=C\CCCCCCCCCC. The molecule has 1 N–H and O–H groups in total. The largest absolute Gasteiger partial charge is 0.481 e. The van der Waals surface area contributed by atoms with E-state index in [1.807, 2.05) is 0 Å². The highest BCUT2D eigenvalue weighted by atomic mass is 16.4. The molecule has 0 unspecified atom stereocenters. The summed E-state index contributed by atoms with van der Waals surface area (Å²) in [6, 6.07) is 0. The van der Waals surface area contributed by atoms with E-state index in [9.17, 15) is 0 Å². The third-order valence-corrected chi connectivity index (χ3v) is 2.63. The molecule has 0 aliphatic heterocycles. The maximum absolute atomic E-state index is 9.00. The molecule has 18 heavy (non-hydrogen) atoms. The molecule has 0 rings (SSSR count). The fourth-order valence-corrected chi connectivity index (χ4v) is 1.68. The van der Waals surface area contributed by atoms with E-state index in [4.69, 9.17) is 9.90 Å². The lowest BCUT2D eigenvalue weighted by Crippen LogP contribution is -1.79. The summed E-state index contributed by atoms with van der Waals surface area (Å²) in [6.45, 7) is 5.56. The standard InChI is InChI=1S/C14H28.C2H4O2/c1-3-5-7-9-11-13-14-12-10-8-6-4-2;1-2(3)4/h5,7H,3-4,6,8-14H2,1-2H3;1H3,(H,3,4)/b7-5-;. The number of rotatable bonds is 10. The van der Waals surface area contributed by atoms with Gasteiger partial charge in [0.25, 0.3) is 5.97 Å². The monoisotopic (exact) mass is 256 g/mol. The summed E-state index contributed by atoms with van der Waals surface area (Å²) in [5.74, 6) is -0.833. The average Bonchev–Trinajstić information content (AvgIpc) is 2.31. The van der Waals surface area contributed by atoms with Gasteiger partial charge in [0.05, 0.1) is 0 Å². The number of carbonyl (C=O) groups is 1. The first-order valence-electron chi connectivity index (χ1n) is 7.49. The van der Waals surface area contributed by atoms with Gasteiger partial charge >= 0.3 is 0 Å². The van der Waals surface area contributed by atoms with Crippen LogP contribution >= 0.6 is 0 Å². The Morgan fingerprint density at radius 3 is 1.78 bits per heavy atom. The second-order valence-electron chi connectivity index (χ2n) is 4.66. The summed E-state index contributed by atoms with van der Waals surface area (Å²) in [7, 11) is 0. The Morgan fingerprint density at radius 1 is 0.889 bits per heavy atom. The van der Waals surface area contributed by atoms with Crippen molar-refractivity contribution in [1.29, 1.82) is 0 Å². The zero-order chi connectivity index (χ0) is 14.1. The van der Waals surface area contributed by atoms with Crippen molar-refractivity contribution in [3.05, 3.63) is 12.2 Å². The summed E-state index contributed by atoms with van der Waals surface area (Å²) in [5, 5.41) is 7.42. The van der Waals surface area contributed by atoms with Crippen LogP contribution in [-0.2, 0) is 4.79 Å². The summed E-state index contributed by atoms with van der Waals surface area (Å²) in [4.78, 5) is 9.00. The Balaban J connectivity index is 0. The molecule has 0 bridgehead atoms. The number of unbranched alkanes of at least 4 members (excludes halogenated alkanes) is 8. The molecule has 0 heterocycles. The average molecular weight is 256 g/mol. The van der Waals surface area contributed by atoms with Gasteiger partial charge in [-0.1, -0.05) is 70.9 Å². The van der Waals surface area contributed by atoms with Crippen LogP contribution in [0.3, 0.4) is 0 Å². The molecule has 0 aromatic rings. The topological polar surface area (TPSA) is 37.3 Å². The molecular weight excluding hydrogens is 224 g/mol. The second-order valence-corrected chi connectivity index (χ2v) is 4.66. The van der Waals surface area contributed by atoms with E-state index < -0.39 is 5.97 Å². The predicted molar refractivity (Wildman–Crippen MR) is 80.0 cm³/mol. The summed E-state index contributed by atoms with van der Waals surface area (Å²) in [6.07, 6.45) is 18.5. The van der Waals surface area contributed by atoms with Crippen LogP contribution in [0, 0.1) is 0 Å². The van der Waals surface area contributed by atoms with Gasteiger partial charge in [0.15, 0.2) is 0 Å². The van der Waals surface area contributed by atoms with Crippen LogP contribution in [0.2, 0.25) is 0 Å². The van der Waals surface area contributed by atoms with Crippen LogP contribution in [-0.4, -0.2) is 11.1 Å². The predicted octanol–water partition coefficient (Wildman–Crippen LogP) is 5.57. The van der Waals surface area contributed by atoms with Gasteiger partial charge in [-0.05, 0) is 19.3 Å². The number of allylic oxidation sites excluding steroid dienone is 2. The minimum Gasteiger partial charge on any atom is -0.481 e. The van der Waals surface area contributed by atoms with E-state index in [1.165, 1.54) is 64.2 Å². The van der Waals surface area contributed by atoms with Gasteiger partial charge in [-0.2, -0.15) is 0 Å². The molecule has 0 aliphatic carbocycles. The maximum Gasteiger partial charge on any atom is 0.300 e. The molecule has 0 radical (unpaired) electrons. The second kappa shape index (κ2) is 18.6. The first-order chi connectivity index (χ1) is 8.65. The number of carboxylic acids is 1. The van der Waals surface area contributed by atoms with Gasteiger partial charge in [-0.15, -0.1) is 0 Å². The van der Waals surface area contributed by atoms with Gasteiger partial charge in [0, 0.05) is 6.92 Å². The molecule has 0 amide bonds. The molecule has 0 saturated heterocycles. The van der Waals surface area contributed by atoms with Gasteiger partial charge in [-0.3, -0.25) is 4.79 Å². The van der Waals surface area contributed by atoms with Crippen LogP contribution in [0.5, 0.6) is 0 Å². The highest BCUT2D eigenvalue weighted by Gasteiger charge is 1.89. The van der Waals surface area contributed by atoms with E-state index in [-0.39, 0.29) is 0 Å². The molecule has 108 valence electrons. The van der Waals surface area contributed by atoms with Crippen molar-refractivity contribution in [3.63, 3.8) is 0 Å². The Hall–Kier alpha value is -0.790. The molecule has 2 heteroatoms. The third-order valence-electron chi connectivity index (χ3n) is 2.63. The summed E-state index contributed by atoms with van der Waals surface area (Å²) >= 11 is 0. The Morgan fingerprint density at radius 2 is 1.33 bits per heavy atom. The molecular formula is C16H32O2. The minimum atomic E-state index is -0.833. The van der Waals surface area contributed by atoms with E-state index in [0.717, 1.165) is 6.92 Å². The number of carboxylic acid groups (broad SMARTS) is 1. The highest BCUT2D eigenvalue weighted by Crippen LogP contribution is 2.09. The van der Waals surface area contributed by atoms with Crippen molar-refractivity contribution in [2.75, 3.05) is 0 Å². The van der Waals surface area contributed by atoms with Crippen LogP contribution < -0.4 is 0 Å². The molecule has 0 spiro atoms. The van der Waals surface area contributed by atoms with Crippen molar-refractivity contribution in [2.24, 2.45) is 0 Å². The van der Waals surface area contributed by atoms with Crippen LogP contribution in [0.15, 0.2) is 12.2 Å². The van der Waals surface area contributed by atoms with Crippen LogP contribution in [0.4, 0.5) is 0 Å². The van der Waals surface area contributed by atoms with E-state index in [2.05, 4.69) is 26.0 Å². The lowest BCUT2D eigenvalue weighted by molar-refractivity contribution is -0.134. The number of aliphatic carboxylic acids is 1. The zero-order valence-electron chi connectivity index (χ0n) is 12.6. The van der Waals surface area contributed by atoms with Crippen molar-refractivity contribution in [2.45, 2.75) is 85.0 Å². The Labute approximate surface area is 113 Å². The van der Waals surface area contributed by atoms with Gasteiger partial charge in [0.1, 0.15) is 0 Å². The fourth-order valence-electron chi connectivity index (χ4n) is 1.68. The van der Waals surface area contributed by atoms with Crippen molar-refractivity contribution >= 4 is 5.97 Å². The van der Waals surface area contributed by atoms with E-state index >= 15 is 0 Å². The zero-order valence-corrected chi connectivity index (χ0v) is 12.6. The molecule has 0 atom stereocenters. The first-order valence-corrected chi connectivity index (χ1v) is 7.49. The molecule has 0 aromatic carbocycles. The lowest BCUT2D eigenvalue weighted by atomic mass is 10.1. The fraction of sp³-hybridized carbons (Fsp3) is 0.812. The molecule has 2 nitrogen and oxygen atoms in total. The molecule has 0 fully saturated rings. The lowest BCUT2D eigenvalue weighted by Gasteiger charge is -1.99. The highest BCUT2D eigenvalue weighted by molar-refractivity contribution is 5.62. The molecule has 0 aliphatic rings. The summed E-state index contributed by atoms with van der Waals surface area (Å²) in [5.41, 5.74) is 0. The van der Waals surface area contributed by atoms with Gasteiger partial charge < -0.3 is 5.11 Å². The van der Waals surface area contributed by atoms with Crippen LogP contribution in [0.25, 0.3) is 0 Å². The minimum absolute atomic E-state index is 0.833. The smallest absolute Gasteiger partial charge is 0.300 e. The van der Waals surface area contributed by atoms with Crippen molar-refractivity contribution < 1.29 is 9.90 Å². The number of hydrogen-bond acceptors (Lipinski definition) is 1. The van der Waals surface area contributed by atoms with Crippen molar-refractivity contribution in [1.82, 2.24) is 0 Å². The molecule has 0 aromatic heterocycles. The normalized spacial score (nSPS) is 10.2. The first kappa shape index (κ1) is 19.5. The quantitative estimate of drug-likeness (QED) is 0.409. The third kappa shape index (κ3) is 29.5. The summed E-state index contributed by atoms with van der Waals surface area (Å²) < 4.78 is 0. The van der Waals surface area contributed by atoms with E-state index in [1.54, 1.807) is 0 Å². The Kier molecular flexibility index (Phi) is 20.2. The Bertz CT molecular complexity index is 182. The van der Waals surface area contributed by atoms with Crippen LogP contribution in [0.1, 0.15) is 85.0 Å².